The summed E-state index contributed by atoms with van der Waals surface area (Å²) in [5.74, 6) is 2.22. The molecule has 0 spiro atoms. The molecule has 4 heteroatoms. The van der Waals surface area contributed by atoms with Gasteiger partial charge >= 0.3 is 0 Å². The highest BCUT2D eigenvalue weighted by Crippen LogP contribution is 2.34. The number of rotatable bonds is 5. The first-order valence-corrected chi connectivity index (χ1v) is 6.75. The molecule has 4 nitrogen and oxygen atoms in total. The van der Waals surface area contributed by atoms with Crippen molar-refractivity contribution in [3.05, 3.63) is 83.2 Å². The topological polar surface area (TPSA) is 66.7 Å². The Morgan fingerprint density at radius 1 is 0.714 bits per heavy atom. The minimum Gasteiger partial charge on any atom is -0.462 e. The second-order valence-corrected chi connectivity index (χ2v) is 4.77. The molecule has 2 heterocycles. The van der Waals surface area contributed by atoms with Crippen LogP contribution in [0, 0.1) is 0 Å². The van der Waals surface area contributed by atoms with Crippen LogP contribution in [0.5, 0.6) is 0 Å². The van der Waals surface area contributed by atoms with E-state index in [1.165, 1.54) is 0 Å². The van der Waals surface area contributed by atoms with Gasteiger partial charge in [-0.25, -0.2) is 0 Å². The Morgan fingerprint density at radius 2 is 1.24 bits per heavy atom. The fraction of sp³-hybridized carbons (Fsp3) is 0.176. The van der Waals surface area contributed by atoms with E-state index >= 15 is 0 Å². The zero-order chi connectivity index (χ0) is 14.7. The van der Waals surface area contributed by atoms with Crippen molar-refractivity contribution < 1.29 is 19.0 Å². The molecule has 0 aliphatic rings. The maximum atomic E-state index is 9.17. The summed E-state index contributed by atoms with van der Waals surface area (Å²) in [5.41, 5.74) is 1.02. The third-order valence-corrected chi connectivity index (χ3v) is 3.38. The molecular formula is C17H16O4. The van der Waals surface area contributed by atoms with E-state index in [-0.39, 0.29) is 19.1 Å². The number of aliphatic hydroxyl groups is 2. The maximum Gasteiger partial charge on any atom is 0.129 e. The lowest BCUT2D eigenvalue weighted by molar-refractivity contribution is 0.237. The Morgan fingerprint density at radius 3 is 1.67 bits per heavy atom. The van der Waals surface area contributed by atoms with Crippen molar-refractivity contribution in [2.75, 3.05) is 0 Å². The number of aliphatic hydroxyl groups excluding tert-OH is 2. The summed E-state index contributed by atoms with van der Waals surface area (Å²) in [6.45, 7) is -0.275. The van der Waals surface area contributed by atoms with Crippen molar-refractivity contribution >= 4 is 0 Å². The Kier molecular flexibility index (Phi) is 3.90. The van der Waals surface area contributed by atoms with Gasteiger partial charge in [-0.05, 0) is 29.8 Å². The largest absolute Gasteiger partial charge is 0.462 e. The lowest BCUT2D eigenvalue weighted by Crippen LogP contribution is -2.00. The van der Waals surface area contributed by atoms with E-state index in [1.54, 1.807) is 12.1 Å². The van der Waals surface area contributed by atoms with Gasteiger partial charge in [0, 0.05) is 0 Å². The molecule has 0 radical (unpaired) electrons. The van der Waals surface area contributed by atoms with Gasteiger partial charge in [0.15, 0.2) is 0 Å². The molecule has 0 saturated carbocycles. The number of hydrogen-bond acceptors (Lipinski definition) is 4. The summed E-state index contributed by atoms with van der Waals surface area (Å²) in [6.07, 6.45) is 0. The zero-order valence-electron chi connectivity index (χ0n) is 11.4. The van der Waals surface area contributed by atoms with Crippen LogP contribution in [-0.4, -0.2) is 10.2 Å². The molecule has 0 unspecified atom stereocenters. The van der Waals surface area contributed by atoms with Gasteiger partial charge in [-0.1, -0.05) is 30.3 Å². The van der Waals surface area contributed by atoms with Crippen LogP contribution in [0.25, 0.3) is 0 Å². The lowest BCUT2D eigenvalue weighted by Gasteiger charge is -2.12. The van der Waals surface area contributed by atoms with Crippen molar-refractivity contribution in [2.45, 2.75) is 19.1 Å². The average Bonchev–Trinajstić information content (AvgIpc) is 3.18. The summed E-state index contributed by atoms with van der Waals surface area (Å²) in [6, 6.07) is 17.0. The molecule has 0 saturated heterocycles. The van der Waals surface area contributed by atoms with Gasteiger partial charge in [0.05, 0.1) is 0 Å². The maximum absolute atomic E-state index is 9.17. The highest BCUT2D eigenvalue weighted by Gasteiger charge is 2.23. The summed E-state index contributed by atoms with van der Waals surface area (Å²) < 4.78 is 11.3. The third kappa shape index (κ3) is 2.77. The summed E-state index contributed by atoms with van der Waals surface area (Å²) >= 11 is 0. The monoisotopic (exact) mass is 284 g/mol. The SMILES string of the molecule is OCc1ccc(C(c2ccccc2)c2ccc(CO)o2)o1. The molecule has 0 atom stereocenters. The molecule has 108 valence electrons. The Bertz CT molecular complexity index is 654. The van der Waals surface area contributed by atoms with Crippen molar-refractivity contribution in [3.63, 3.8) is 0 Å². The van der Waals surface area contributed by atoms with Crippen molar-refractivity contribution in [1.29, 1.82) is 0 Å². The second-order valence-electron chi connectivity index (χ2n) is 4.77. The zero-order valence-corrected chi connectivity index (χ0v) is 11.4. The minimum absolute atomic E-state index is 0.137. The summed E-state index contributed by atoms with van der Waals surface area (Å²) in [4.78, 5) is 0. The quantitative estimate of drug-likeness (QED) is 0.755. The molecule has 2 N–H and O–H groups in total. The predicted octanol–water partition coefficient (Wildman–Crippen LogP) is 3.04. The van der Waals surface area contributed by atoms with Gasteiger partial charge in [0.1, 0.15) is 42.2 Å². The van der Waals surface area contributed by atoms with Crippen LogP contribution in [0.4, 0.5) is 0 Å². The van der Waals surface area contributed by atoms with Crippen LogP contribution >= 0.6 is 0 Å². The number of furan rings is 2. The van der Waals surface area contributed by atoms with Crippen LogP contribution < -0.4 is 0 Å². The Labute approximate surface area is 122 Å². The molecule has 3 aromatic rings. The second kappa shape index (κ2) is 5.99. The average molecular weight is 284 g/mol. The highest BCUT2D eigenvalue weighted by atomic mass is 16.4. The van der Waals surface area contributed by atoms with Crippen LogP contribution in [-0.2, 0) is 13.2 Å². The van der Waals surface area contributed by atoms with E-state index in [9.17, 15) is 0 Å². The molecule has 0 aliphatic heterocycles. The molecule has 0 fully saturated rings. The van der Waals surface area contributed by atoms with Crippen LogP contribution in [0.1, 0.15) is 34.5 Å². The minimum atomic E-state index is -0.202. The van der Waals surface area contributed by atoms with E-state index in [0.29, 0.717) is 23.0 Å². The van der Waals surface area contributed by atoms with Crippen molar-refractivity contribution in [2.24, 2.45) is 0 Å². The normalized spacial score (nSPS) is 11.2. The smallest absolute Gasteiger partial charge is 0.129 e. The number of benzene rings is 1. The molecule has 2 aromatic heterocycles. The van der Waals surface area contributed by atoms with Crippen LogP contribution in [0.2, 0.25) is 0 Å². The lowest BCUT2D eigenvalue weighted by atomic mass is 9.94. The van der Waals surface area contributed by atoms with Gasteiger partial charge < -0.3 is 19.0 Å². The molecule has 0 aliphatic carbocycles. The number of hydrogen-bond donors (Lipinski definition) is 2. The molecular weight excluding hydrogens is 268 g/mol. The van der Waals surface area contributed by atoms with E-state index in [4.69, 9.17) is 19.0 Å². The van der Waals surface area contributed by atoms with E-state index in [1.807, 2.05) is 42.5 Å². The molecule has 0 bridgehead atoms. The molecule has 0 amide bonds. The van der Waals surface area contributed by atoms with E-state index < -0.39 is 0 Å². The first kappa shape index (κ1) is 13.7. The summed E-state index contributed by atoms with van der Waals surface area (Å²) in [7, 11) is 0. The first-order valence-electron chi connectivity index (χ1n) is 6.75. The third-order valence-electron chi connectivity index (χ3n) is 3.38. The van der Waals surface area contributed by atoms with Gasteiger partial charge in [-0.3, -0.25) is 0 Å². The fourth-order valence-corrected chi connectivity index (χ4v) is 2.38. The van der Waals surface area contributed by atoms with Crippen LogP contribution in [0.15, 0.2) is 63.4 Å². The van der Waals surface area contributed by atoms with E-state index in [2.05, 4.69) is 0 Å². The highest BCUT2D eigenvalue weighted by molar-refractivity contribution is 5.36. The van der Waals surface area contributed by atoms with Gasteiger partial charge in [-0.15, -0.1) is 0 Å². The van der Waals surface area contributed by atoms with E-state index in [0.717, 1.165) is 5.56 Å². The first-order chi connectivity index (χ1) is 10.3. The van der Waals surface area contributed by atoms with Crippen molar-refractivity contribution in [1.82, 2.24) is 0 Å². The van der Waals surface area contributed by atoms with Gasteiger partial charge in [0.2, 0.25) is 0 Å². The molecule has 1 aromatic carbocycles. The molecule has 21 heavy (non-hydrogen) atoms. The fourth-order valence-electron chi connectivity index (χ4n) is 2.38. The van der Waals surface area contributed by atoms with Gasteiger partial charge in [-0.2, -0.15) is 0 Å². The van der Waals surface area contributed by atoms with Crippen LogP contribution in [0.3, 0.4) is 0 Å². The Hall–Kier alpha value is -2.30. The predicted molar refractivity (Wildman–Crippen MR) is 76.6 cm³/mol. The molecule has 3 rings (SSSR count). The van der Waals surface area contributed by atoms with Gasteiger partial charge in [0.25, 0.3) is 0 Å². The standard InChI is InChI=1S/C17H16O4/c18-10-13-6-8-15(20-13)17(12-4-2-1-3-5-12)16-9-7-14(11-19)21-16/h1-9,17-19H,10-11H2. The Balaban J connectivity index is 2.06. The summed E-state index contributed by atoms with van der Waals surface area (Å²) in [5, 5.41) is 18.3. The van der Waals surface area contributed by atoms with Crippen molar-refractivity contribution in [3.8, 4) is 0 Å².